The van der Waals surface area contributed by atoms with Gasteiger partial charge in [-0.25, -0.2) is 13.9 Å². The Morgan fingerprint density at radius 3 is 2.91 bits per heavy atom. The molecule has 1 aliphatic rings. The summed E-state index contributed by atoms with van der Waals surface area (Å²) in [5.74, 6) is 0.825. The number of halogens is 2. The van der Waals surface area contributed by atoms with E-state index < -0.39 is 6.17 Å². The lowest BCUT2D eigenvalue weighted by Gasteiger charge is -2.01. The average Bonchev–Trinajstić information content (AvgIpc) is 3.15. The summed E-state index contributed by atoms with van der Waals surface area (Å²) in [6.45, 7) is 4.21. The second kappa shape index (κ2) is 5.86. The van der Waals surface area contributed by atoms with E-state index in [9.17, 15) is 4.39 Å². The maximum Gasteiger partial charge on any atom is 0.244 e. The van der Waals surface area contributed by atoms with Crippen molar-refractivity contribution in [3.05, 3.63) is 29.5 Å². The number of rotatable bonds is 2. The Kier molecular flexibility index (Phi) is 4.03. The molecule has 1 fully saturated rings. The first kappa shape index (κ1) is 15.8. The lowest BCUT2D eigenvalue weighted by molar-refractivity contribution is 0.324. The molecule has 0 unspecified atom stereocenters. The Hall–Kier alpha value is -2.06. The molecule has 4 rings (SSSR count). The second-order valence-electron chi connectivity index (χ2n) is 5.58. The van der Waals surface area contributed by atoms with Gasteiger partial charge in [0.25, 0.3) is 0 Å². The van der Waals surface area contributed by atoms with Crippen LogP contribution in [0.1, 0.15) is 29.7 Å². The highest BCUT2D eigenvalue weighted by Gasteiger charge is 2.29. The SMILES string of the molecule is Cc1cc(C)n2ncc(-c3noc([C@H]4C[C@H](F)CN4)n3)c2n1.Cl. The smallest absolute Gasteiger partial charge is 0.244 e. The van der Waals surface area contributed by atoms with Crippen molar-refractivity contribution in [2.75, 3.05) is 6.54 Å². The molecule has 0 aliphatic carbocycles. The molecule has 3 aromatic heterocycles. The number of hydrogen-bond acceptors (Lipinski definition) is 6. The second-order valence-corrected chi connectivity index (χ2v) is 5.58. The fourth-order valence-corrected chi connectivity index (χ4v) is 2.80. The van der Waals surface area contributed by atoms with Crippen LogP contribution in [0.5, 0.6) is 0 Å². The highest BCUT2D eigenvalue weighted by atomic mass is 35.5. The van der Waals surface area contributed by atoms with Crippen LogP contribution in [0.15, 0.2) is 16.8 Å². The van der Waals surface area contributed by atoms with Gasteiger partial charge in [-0.05, 0) is 19.9 Å². The van der Waals surface area contributed by atoms with E-state index in [1.165, 1.54) is 0 Å². The number of fused-ring (bicyclic) bond motifs is 1. The van der Waals surface area contributed by atoms with Gasteiger partial charge < -0.3 is 9.84 Å². The van der Waals surface area contributed by atoms with Crippen LogP contribution in [-0.2, 0) is 0 Å². The van der Waals surface area contributed by atoms with E-state index in [1.807, 2.05) is 19.9 Å². The first-order chi connectivity index (χ1) is 10.6. The van der Waals surface area contributed by atoms with Crippen LogP contribution in [0.2, 0.25) is 0 Å². The predicted molar refractivity (Wildman–Crippen MR) is 83.3 cm³/mol. The fourth-order valence-electron chi connectivity index (χ4n) is 2.80. The van der Waals surface area contributed by atoms with E-state index in [1.54, 1.807) is 10.7 Å². The van der Waals surface area contributed by atoms with E-state index in [0.717, 1.165) is 11.4 Å². The number of nitrogens with zero attached hydrogens (tertiary/aromatic N) is 5. The van der Waals surface area contributed by atoms with Crippen LogP contribution in [-0.4, -0.2) is 37.5 Å². The standard InChI is InChI=1S/C14H15FN6O.ClH/c1-7-3-8(2)21-13(18-7)10(6-17-21)12-19-14(22-20-12)11-4-9(15)5-16-11;/h3,6,9,11,16H,4-5H2,1-2H3;1H/t9-,11+;/m0./s1. The van der Waals surface area contributed by atoms with Gasteiger partial charge in [0, 0.05) is 24.4 Å². The van der Waals surface area contributed by atoms with Gasteiger partial charge in [0.2, 0.25) is 11.7 Å². The van der Waals surface area contributed by atoms with Crippen LogP contribution in [0.4, 0.5) is 4.39 Å². The molecule has 23 heavy (non-hydrogen) atoms. The summed E-state index contributed by atoms with van der Waals surface area (Å²) >= 11 is 0. The molecule has 1 aliphatic heterocycles. The molecule has 0 amide bonds. The van der Waals surface area contributed by atoms with Crippen LogP contribution in [0.25, 0.3) is 17.0 Å². The topological polar surface area (TPSA) is 81.1 Å². The van der Waals surface area contributed by atoms with Crippen molar-refractivity contribution in [2.45, 2.75) is 32.5 Å². The maximum absolute atomic E-state index is 13.3. The molecule has 122 valence electrons. The summed E-state index contributed by atoms with van der Waals surface area (Å²) in [6, 6.07) is 1.73. The van der Waals surface area contributed by atoms with E-state index in [0.29, 0.717) is 35.9 Å². The molecule has 0 radical (unpaired) electrons. The van der Waals surface area contributed by atoms with Gasteiger partial charge in [0.1, 0.15) is 6.17 Å². The molecule has 9 heteroatoms. The highest BCUT2D eigenvalue weighted by Crippen LogP contribution is 2.27. The first-order valence-electron chi connectivity index (χ1n) is 7.15. The van der Waals surface area contributed by atoms with Crippen molar-refractivity contribution in [1.29, 1.82) is 0 Å². The Labute approximate surface area is 137 Å². The van der Waals surface area contributed by atoms with Gasteiger partial charge in [-0.15, -0.1) is 12.4 Å². The molecule has 2 atom stereocenters. The summed E-state index contributed by atoms with van der Waals surface area (Å²) in [5.41, 5.74) is 3.27. The van der Waals surface area contributed by atoms with Crippen molar-refractivity contribution >= 4 is 18.1 Å². The minimum atomic E-state index is -0.871. The molecule has 0 saturated carbocycles. The molecule has 1 saturated heterocycles. The van der Waals surface area contributed by atoms with Crippen LogP contribution in [0, 0.1) is 13.8 Å². The lowest BCUT2D eigenvalue weighted by atomic mass is 10.2. The van der Waals surface area contributed by atoms with E-state index in [-0.39, 0.29) is 18.4 Å². The fraction of sp³-hybridized carbons (Fsp3) is 0.429. The van der Waals surface area contributed by atoms with E-state index in [2.05, 4.69) is 25.5 Å². The Morgan fingerprint density at radius 2 is 2.17 bits per heavy atom. The minimum Gasteiger partial charge on any atom is -0.337 e. The van der Waals surface area contributed by atoms with Crippen molar-refractivity contribution in [3.8, 4) is 11.4 Å². The van der Waals surface area contributed by atoms with Gasteiger partial charge in [-0.1, -0.05) is 5.16 Å². The summed E-state index contributed by atoms with van der Waals surface area (Å²) in [4.78, 5) is 8.87. The number of aromatic nitrogens is 5. The number of alkyl halides is 1. The third kappa shape index (κ3) is 2.68. The highest BCUT2D eigenvalue weighted by molar-refractivity contribution is 5.85. The monoisotopic (exact) mass is 338 g/mol. The molecular weight excluding hydrogens is 323 g/mol. The minimum absolute atomic E-state index is 0. The molecule has 0 aromatic carbocycles. The quantitative estimate of drug-likeness (QED) is 0.771. The van der Waals surface area contributed by atoms with E-state index in [4.69, 9.17) is 4.52 Å². The van der Waals surface area contributed by atoms with Crippen LogP contribution in [0.3, 0.4) is 0 Å². The average molecular weight is 339 g/mol. The molecule has 3 aromatic rings. The Balaban J connectivity index is 0.00000156. The van der Waals surface area contributed by atoms with Gasteiger partial charge in [0.15, 0.2) is 5.65 Å². The molecular formula is C14H16ClFN6O. The van der Waals surface area contributed by atoms with Crippen LogP contribution < -0.4 is 5.32 Å². The Morgan fingerprint density at radius 1 is 1.35 bits per heavy atom. The summed E-state index contributed by atoms with van der Waals surface area (Å²) in [7, 11) is 0. The first-order valence-corrected chi connectivity index (χ1v) is 7.15. The molecule has 7 nitrogen and oxygen atoms in total. The number of aryl methyl sites for hydroxylation is 2. The zero-order chi connectivity index (χ0) is 15.3. The molecule has 4 heterocycles. The van der Waals surface area contributed by atoms with Gasteiger partial charge in [0.05, 0.1) is 17.8 Å². The molecule has 0 bridgehead atoms. The number of hydrogen-bond donors (Lipinski definition) is 1. The maximum atomic E-state index is 13.3. The zero-order valence-electron chi connectivity index (χ0n) is 12.7. The summed E-state index contributed by atoms with van der Waals surface area (Å²) < 4.78 is 20.3. The van der Waals surface area contributed by atoms with Crippen molar-refractivity contribution in [3.63, 3.8) is 0 Å². The van der Waals surface area contributed by atoms with Gasteiger partial charge in [-0.2, -0.15) is 10.1 Å². The predicted octanol–water partition coefficient (Wildman–Crippen LogP) is 2.19. The number of nitrogens with one attached hydrogen (secondary N) is 1. The summed E-state index contributed by atoms with van der Waals surface area (Å²) in [6.07, 6.45) is 1.15. The van der Waals surface area contributed by atoms with Crippen LogP contribution >= 0.6 is 12.4 Å². The molecule has 0 spiro atoms. The Bertz CT molecular complexity index is 847. The van der Waals surface area contributed by atoms with Crippen molar-refractivity contribution in [2.24, 2.45) is 0 Å². The van der Waals surface area contributed by atoms with E-state index >= 15 is 0 Å². The normalized spacial score (nSPS) is 20.8. The largest absolute Gasteiger partial charge is 0.337 e. The van der Waals surface area contributed by atoms with Crippen molar-refractivity contribution in [1.82, 2.24) is 30.1 Å². The third-order valence-corrected chi connectivity index (χ3v) is 3.84. The van der Waals surface area contributed by atoms with Crippen molar-refractivity contribution < 1.29 is 8.91 Å². The zero-order valence-corrected chi connectivity index (χ0v) is 13.5. The lowest BCUT2D eigenvalue weighted by Crippen LogP contribution is -2.14. The molecule has 1 N–H and O–H groups in total. The van der Waals surface area contributed by atoms with Gasteiger partial charge >= 0.3 is 0 Å². The van der Waals surface area contributed by atoms with Gasteiger partial charge in [-0.3, -0.25) is 0 Å². The summed E-state index contributed by atoms with van der Waals surface area (Å²) in [5, 5.41) is 11.3. The third-order valence-electron chi connectivity index (χ3n) is 3.84.